The van der Waals surface area contributed by atoms with Gasteiger partial charge in [0.05, 0.1) is 0 Å². The van der Waals surface area contributed by atoms with Gasteiger partial charge < -0.3 is 0 Å². The molecule has 2 unspecified atom stereocenters. The van der Waals surface area contributed by atoms with E-state index in [1.165, 1.54) is 25.7 Å². The Balaban J connectivity index is 2.16. The maximum absolute atomic E-state index is 11.3. The number of hydrogen-bond acceptors (Lipinski definition) is 1. The van der Waals surface area contributed by atoms with Crippen molar-refractivity contribution in [1.29, 1.82) is 0 Å². The third-order valence-corrected chi connectivity index (χ3v) is 3.04. The lowest BCUT2D eigenvalue weighted by molar-refractivity contribution is -0.126. The molecule has 0 aromatic rings. The summed E-state index contributed by atoms with van der Waals surface area (Å²) in [6.45, 7) is 2.28. The van der Waals surface area contributed by atoms with E-state index in [0.717, 1.165) is 5.92 Å². The molecule has 10 heavy (non-hydrogen) atoms. The molecule has 2 aliphatic rings. The normalized spacial score (nSPS) is 46.1. The van der Waals surface area contributed by atoms with Gasteiger partial charge in [0.2, 0.25) is 0 Å². The van der Waals surface area contributed by atoms with Gasteiger partial charge in [0.15, 0.2) is 0 Å². The number of ketones is 1. The summed E-state index contributed by atoms with van der Waals surface area (Å²) >= 11 is 0. The van der Waals surface area contributed by atoms with Gasteiger partial charge in [-0.2, -0.15) is 0 Å². The Hall–Kier alpha value is -0.330. The van der Waals surface area contributed by atoms with Gasteiger partial charge in [0.25, 0.3) is 0 Å². The fourth-order valence-electron chi connectivity index (χ4n) is 2.56. The molecule has 0 saturated heterocycles. The van der Waals surface area contributed by atoms with Crippen molar-refractivity contribution in [3.8, 4) is 0 Å². The van der Waals surface area contributed by atoms with E-state index in [9.17, 15) is 4.79 Å². The van der Waals surface area contributed by atoms with Crippen LogP contribution >= 0.6 is 0 Å². The first-order valence-corrected chi connectivity index (χ1v) is 4.31. The fourth-order valence-corrected chi connectivity index (χ4v) is 2.56. The van der Waals surface area contributed by atoms with E-state index in [2.05, 4.69) is 6.92 Å². The highest BCUT2D eigenvalue weighted by atomic mass is 16.1. The quantitative estimate of drug-likeness (QED) is 0.500. The van der Waals surface area contributed by atoms with Gasteiger partial charge in [-0.3, -0.25) is 4.79 Å². The van der Waals surface area contributed by atoms with Crippen molar-refractivity contribution in [2.24, 2.45) is 17.8 Å². The smallest absolute Gasteiger partial charge is 0.139 e. The second kappa shape index (κ2) is 2.08. The van der Waals surface area contributed by atoms with E-state index >= 15 is 0 Å². The van der Waals surface area contributed by atoms with Crippen LogP contribution in [0.25, 0.3) is 0 Å². The number of carbonyl (C=O) groups is 1. The molecule has 2 aliphatic carbocycles. The Labute approximate surface area is 61.8 Å². The Morgan fingerprint density at radius 1 is 1.20 bits per heavy atom. The topological polar surface area (TPSA) is 17.1 Å². The molecule has 2 atom stereocenters. The molecule has 0 amide bonds. The van der Waals surface area contributed by atoms with Crippen molar-refractivity contribution in [3.05, 3.63) is 0 Å². The molecule has 0 aromatic carbocycles. The molecule has 2 fully saturated rings. The molecule has 0 N–H and O–H groups in total. The predicted molar refractivity (Wildman–Crippen MR) is 39.6 cm³/mol. The third kappa shape index (κ3) is 0.799. The first-order chi connectivity index (χ1) is 4.77. The van der Waals surface area contributed by atoms with Crippen LogP contribution in [-0.4, -0.2) is 5.78 Å². The summed E-state index contributed by atoms with van der Waals surface area (Å²) in [6.07, 6.45) is 4.73. The Bertz CT molecular complexity index is 146. The van der Waals surface area contributed by atoms with Crippen LogP contribution < -0.4 is 0 Å². The van der Waals surface area contributed by atoms with Gasteiger partial charge >= 0.3 is 0 Å². The molecule has 2 rings (SSSR count). The Kier molecular flexibility index (Phi) is 1.33. The number of Topliss-reactive ketones (excluding diaryl/α,β-unsaturated/α-hetero) is 1. The average molecular weight is 138 g/mol. The van der Waals surface area contributed by atoms with Crippen molar-refractivity contribution in [2.45, 2.75) is 32.6 Å². The van der Waals surface area contributed by atoms with E-state index in [1.54, 1.807) is 0 Å². The molecule has 1 heteroatoms. The van der Waals surface area contributed by atoms with Crippen LogP contribution in [-0.2, 0) is 4.79 Å². The van der Waals surface area contributed by atoms with Gasteiger partial charge in [0, 0.05) is 11.8 Å². The lowest BCUT2D eigenvalue weighted by atomic mass is 9.81. The van der Waals surface area contributed by atoms with Crippen molar-refractivity contribution in [3.63, 3.8) is 0 Å². The molecule has 2 bridgehead atoms. The number of hydrogen-bond donors (Lipinski definition) is 0. The van der Waals surface area contributed by atoms with E-state index in [-0.39, 0.29) is 0 Å². The summed E-state index contributed by atoms with van der Waals surface area (Å²) in [4.78, 5) is 11.3. The summed E-state index contributed by atoms with van der Waals surface area (Å²) in [6, 6.07) is 0. The van der Waals surface area contributed by atoms with Gasteiger partial charge in [-0.15, -0.1) is 0 Å². The van der Waals surface area contributed by atoms with E-state index in [0.29, 0.717) is 17.6 Å². The summed E-state index contributed by atoms with van der Waals surface area (Å²) < 4.78 is 0. The number of fused-ring (bicyclic) bond motifs is 2. The lowest BCUT2D eigenvalue weighted by Gasteiger charge is -2.22. The molecule has 0 radical (unpaired) electrons. The van der Waals surface area contributed by atoms with Gasteiger partial charge in [-0.05, 0) is 31.6 Å². The van der Waals surface area contributed by atoms with Crippen molar-refractivity contribution < 1.29 is 4.79 Å². The fraction of sp³-hybridized carbons (Fsp3) is 0.889. The molecular formula is C9H14O. The zero-order valence-electron chi connectivity index (χ0n) is 6.47. The molecule has 0 aliphatic heterocycles. The van der Waals surface area contributed by atoms with Crippen LogP contribution in [0.1, 0.15) is 32.6 Å². The molecular weight excluding hydrogens is 124 g/mol. The monoisotopic (exact) mass is 138 g/mol. The SMILES string of the molecule is CC1CC2CCC(C1)C2=O. The molecule has 2 saturated carbocycles. The van der Waals surface area contributed by atoms with Crippen molar-refractivity contribution in [2.75, 3.05) is 0 Å². The zero-order chi connectivity index (χ0) is 7.14. The van der Waals surface area contributed by atoms with Crippen molar-refractivity contribution >= 4 is 5.78 Å². The van der Waals surface area contributed by atoms with Gasteiger partial charge in [-0.1, -0.05) is 6.92 Å². The van der Waals surface area contributed by atoms with Crippen LogP contribution in [0.5, 0.6) is 0 Å². The second-order valence-electron chi connectivity index (χ2n) is 3.95. The van der Waals surface area contributed by atoms with E-state index < -0.39 is 0 Å². The van der Waals surface area contributed by atoms with E-state index in [1.807, 2.05) is 0 Å². The summed E-state index contributed by atoms with van der Waals surface area (Å²) in [7, 11) is 0. The van der Waals surface area contributed by atoms with Crippen molar-refractivity contribution in [1.82, 2.24) is 0 Å². The molecule has 0 spiro atoms. The highest BCUT2D eigenvalue weighted by Gasteiger charge is 2.39. The largest absolute Gasteiger partial charge is 0.299 e. The van der Waals surface area contributed by atoms with Crippen LogP contribution in [0.15, 0.2) is 0 Å². The minimum atomic E-state index is 0.466. The third-order valence-electron chi connectivity index (χ3n) is 3.04. The highest BCUT2D eigenvalue weighted by molar-refractivity contribution is 5.86. The standard InChI is InChI=1S/C9H14O/c1-6-4-7-2-3-8(5-6)9(7)10/h6-8H,2-5H2,1H3. The lowest BCUT2D eigenvalue weighted by Crippen LogP contribution is -2.24. The van der Waals surface area contributed by atoms with Crippen LogP contribution in [0.3, 0.4) is 0 Å². The highest BCUT2D eigenvalue weighted by Crippen LogP contribution is 2.41. The van der Waals surface area contributed by atoms with Crippen LogP contribution in [0.2, 0.25) is 0 Å². The molecule has 56 valence electrons. The summed E-state index contributed by atoms with van der Waals surface area (Å²) in [5.74, 6) is 2.33. The summed E-state index contributed by atoms with van der Waals surface area (Å²) in [5.41, 5.74) is 0. The molecule has 1 nitrogen and oxygen atoms in total. The first kappa shape index (κ1) is 6.38. The number of rotatable bonds is 0. The molecule has 0 aromatic heterocycles. The van der Waals surface area contributed by atoms with E-state index in [4.69, 9.17) is 0 Å². The maximum Gasteiger partial charge on any atom is 0.139 e. The summed E-state index contributed by atoms with van der Waals surface area (Å²) in [5, 5.41) is 0. The Morgan fingerprint density at radius 2 is 1.70 bits per heavy atom. The van der Waals surface area contributed by atoms with Gasteiger partial charge in [-0.25, -0.2) is 0 Å². The van der Waals surface area contributed by atoms with Gasteiger partial charge in [0.1, 0.15) is 5.78 Å². The number of carbonyl (C=O) groups excluding carboxylic acids is 1. The second-order valence-corrected chi connectivity index (χ2v) is 3.95. The maximum atomic E-state index is 11.3. The first-order valence-electron chi connectivity index (χ1n) is 4.31. The predicted octanol–water partition coefficient (Wildman–Crippen LogP) is 2.01. The minimum Gasteiger partial charge on any atom is -0.299 e. The Morgan fingerprint density at radius 3 is 2.20 bits per heavy atom. The van der Waals surface area contributed by atoms with Crippen LogP contribution in [0.4, 0.5) is 0 Å². The molecule has 0 heterocycles. The zero-order valence-corrected chi connectivity index (χ0v) is 6.47. The van der Waals surface area contributed by atoms with Crippen LogP contribution in [0, 0.1) is 17.8 Å². The minimum absolute atomic E-state index is 0.466. The average Bonchev–Trinajstić information content (AvgIpc) is 2.20.